The Bertz CT molecular complexity index is 2580. The molecule has 0 radical (unpaired) electrons. The molecule has 0 aliphatic heterocycles. The molecule has 0 atom stereocenters. The molecule has 0 aliphatic rings. The fourth-order valence-corrected chi connectivity index (χ4v) is 7.45. The van der Waals surface area contributed by atoms with Crippen molar-refractivity contribution in [2.45, 2.75) is 9.79 Å². The van der Waals surface area contributed by atoms with E-state index in [2.05, 4.69) is 51.2 Å². The summed E-state index contributed by atoms with van der Waals surface area (Å²) in [6, 6.07) is 25.7. The van der Waals surface area contributed by atoms with E-state index in [-0.39, 0.29) is 140 Å². The van der Waals surface area contributed by atoms with E-state index in [4.69, 9.17) is 0 Å². The molecule has 2 heterocycles. The fraction of sp³-hybridized carbons (Fsp3) is 0.200. The van der Waals surface area contributed by atoms with E-state index in [1.54, 1.807) is 48.5 Å². The number of para-hydroxylation sites is 2. The molecule has 0 unspecified atom stereocenters. The van der Waals surface area contributed by atoms with E-state index in [9.17, 15) is 46.4 Å². The van der Waals surface area contributed by atoms with Gasteiger partial charge in [0.25, 0.3) is 20.2 Å². The molecular formula is C40H45N12NaO10S2. The van der Waals surface area contributed by atoms with Gasteiger partial charge in [0, 0.05) is 48.9 Å². The third kappa shape index (κ3) is 14.3. The Balaban J connectivity index is 0.00000793. The van der Waals surface area contributed by atoms with Crippen molar-refractivity contribution in [2.24, 2.45) is 0 Å². The summed E-state index contributed by atoms with van der Waals surface area (Å²) < 4.78 is 71.5. The van der Waals surface area contributed by atoms with Crippen LogP contribution in [0.15, 0.2) is 107 Å². The standard InChI is InChI=1S/C40H44N12O10S2.Na.H/c53-21-17-51(18-22-54)39-47-35(41-29-7-3-1-4-8-29)45-37(49-39)43-31-15-13-27(33(25-31)63(57,58)59)11-12-28-14-16-32(26-34(28)64(60,61)62)44-38-46-36(42-30-9-5-2-6-10-30)48-40(50-38)52(19-23-55)20-24-56;;/h1-16,25-26,53-56H,17-24H2,(H,57,58,59)(H,60,61,62)(H2,41,43,45,47,49)(H2,42,44,46,48,50);;. The van der Waals surface area contributed by atoms with Crippen molar-refractivity contribution >= 4 is 120 Å². The number of anilines is 10. The number of aliphatic hydroxyl groups is 4. The first-order valence-corrected chi connectivity index (χ1v) is 22.2. The van der Waals surface area contributed by atoms with Crippen LogP contribution in [0.5, 0.6) is 0 Å². The van der Waals surface area contributed by atoms with Crippen LogP contribution in [0.2, 0.25) is 0 Å². The van der Waals surface area contributed by atoms with Crippen LogP contribution in [0, 0.1) is 0 Å². The van der Waals surface area contributed by atoms with Gasteiger partial charge in [0.15, 0.2) is 0 Å². The number of aliphatic hydroxyl groups excluding tert-OH is 4. The van der Waals surface area contributed by atoms with Crippen LogP contribution in [-0.4, -0.2) is 158 Å². The van der Waals surface area contributed by atoms with Crippen molar-refractivity contribution in [3.05, 3.63) is 108 Å². The first-order chi connectivity index (χ1) is 30.8. The Morgan fingerprint density at radius 3 is 1.05 bits per heavy atom. The van der Waals surface area contributed by atoms with Crippen LogP contribution in [-0.2, 0) is 20.2 Å². The second-order valence-electron chi connectivity index (χ2n) is 13.5. The molecule has 0 bridgehead atoms. The molecule has 0 amide bonds. The van der Waals surface area contributed by atoms with Crippen molar-refractivity contribution in [3.8, 4) is 0 Å². The Morgan fingerprint density at radius 2 is 0.754 bits per heavy atom. The molecule has 10 N–H and O–H groups in total. The molecule has 0 spiro atoms. The number of nitrogens with zero attached hydrogens (tertiary/aromatic N) is 8. The Labute approximate surface area is 396 Å². The number of nitrogens with one attached hydrogen (secondary N) is 4. The van der Waals surface area contributed by atoms with Gasteiger partial charge in [-0.1, -0.05) is 60.7 Å². The van der Waals surface area contributed by atoms with Crippen molar-refractivity contribution in [2.75, 3.05) is 83.7 Å². The first-order valence-electron chi connectivity index (χ1n) is 19.3. The molecule has 0 saturated heterocycles. The molecule has 6 rings (SSSR count). The van der Waals surface area contributed by atoms with Gasteiger partial charge in [-0.25, -0.2) is 0 Å². The van der Waals surface area contributed by atoms with Gasteiger partial charge < -0.3 is 51.5 Å². The fourth-order valence-electron chi connectivity index (χ4n) is 6.03. The summed E-state index contributed by atoms with van der Waals surface area (Å²) in [4.78, 5) is 28.3. The van der Waals surface area contributed by atoms with E-state index in [0.717, 1.165) is 12.1 Å². The SMILES string of the molecule is O=S(=O)(O)c1cc(Nc2nc(Nc3ccccc3)nc(N(CCO)CCO)n2)ccc1C=Cc1ccc(Nc2nc(Nc3ccccc3)nc(N(CCO)CCO)n2)cc1S(=O)(=O)O.[NaH]. The van der Waals surface area contributed by atoms with Gasteiger partial charge in [-0.3, -0.25) is 9.11 Å². The predicted octanol–water partition coefficient (Wildman–Crippen LogP) is 2.63. The normalized spacial score (nSPS) is 11.5. The van der Waals surface area contributed by atoms with Gasteiger partial charge in [0.1, 0.15) is 9.79 Å². The minimum atomic E-state index is -4.91. The maximum atomic E-state index is 12.7. The monoisotopic (exact) mass is 940 g/mol. The summed E-state index contributed by atoms with van der Waals surface area (Å²) >= 11 is 0. The summed E-state index contributed by atoms with van der Waals surface area (Å²) in [5, 5.41) is 50.4. The van der Waals surface area contributed by atoms with Crippen molar-refractivity contribution < 1.29 is 46.4 Å². The average Bonchev–Trinajstić information content (AvgIpc) is 3.26. The molecule has 2 aromatic heterocycles. The van der Waals surface area contributed by atoms with Gasteiger partial charge in [-0.2, -0.15) is 46.7 Å². The summed E-state index contributed by atoms with van der Waals surface area (Å²) in [5.74, 6) is 0.187. The van der Waals surface area contributed by atoms with Gasteiger partial charge in [0.2, 0.25) is 35.7 Å². The zero-order chi connectivity index (χ0) is 45.7. The first kappa shape index (κ1) is 50.1. The van der Waals surface area contributed by atoms with E-state index in [0.29, 0.717) is 11.4 Å². The molecule has 338 valence electrons. The summed E-state index contributed by atoms with van der Waals surface area (Å²) in [6.07, 6.45) is 2.45. The summed E-state index contributed by atoms with van der Waals surface area (Å²) in [6.45, 7) is -0.796. The quantitative estimate of drug-likeness (QED) is 0.0266. The zero-order valence-corrected chi connectivity index (χ0v) is 35.4. The van der Waals surface area contributed by atoms with Gasteiger partial charge in [0.05, 0.1) is 26.4 Å². The molecule has 65 heavy (non-hydrogen) atoms. The third-order valence-corrected chi connectivity index (χ3v) is 10.7. The van der Waals surface area contributed by atoms with E-state index in [1.807, 2.05) is 12.1 Å². The van der Waals surface area contributed by atoms with Gasteiger partial charge in [-0.15, -0.1) is 0 Å². The second kappa shape index (κ2) is 23.3. The van der Waals surface area contributed by atoms with Crippen LogP contribution in [0.4, 0.5) is 58.4 Å². The maximum absolute atomic E-state index is 12.7. The minimum absolute atomic E-state index is 0. The zero-order valence-electron chi connectivity index (χ0n) is 33.8. The molecule has 6 aromatic rings. The Hall–Kier alpha value is -5.90. The Kier molecular flexibility index (Phi) is 18.0. The summed E-state index contributed by atoms with van der Waals surface area (Å²) in [5.41, 5.74) is 1.36. The van der Waals surface area contributed by atoms with Crippen LogP contribution in [0.1, 0.15) is 11.1 Å². The molecule has 0 fully saturated rings. The molecule has 0 aliphatic carbocycles. The molecule has 22 nitrogen and oxygen atoms in total. The number of hydrogen-bond donors (Lipinski definition) is 10. The van der Waals surface area contributed by atoms with E-state index >= 15 is 0 Å². The van der Waals surface area contributed by atoms with Gasteiger partial charge >= 0.3 is 29.6 Å². The number of benzene rings is 4. The Morgan fingerprint density at radius 1 is 0.446 bits per heavy atom. The van der Waals surface area contributed by atoms with Crippen molar-refractivity contribution in [3.63, 3.8) is 0 Å². The number of hydrogen-bond acceptors (Lipinski definition) is 20. The van der Waals surface area contributed by atoms with Crippen molar-refractivity contribution in [1.82, 2.24) is 29.9 Å². The van der Waals surface area contributed by atoms with Gasteiger partial charge in [-0.05, 0) is 59.7 Å². The topological polar surface area (TPSA) is 322 Å². The van der Waals surface area contributed by atoms with Crippen LogP contribution in [0.25, 0.3) is 12.2 Å². The molecular weight excluding hydrogens is 896 g/mol. The van der Waals surface area contributed by atoms with Crippen LogP contribution >= 0.6 is 0 Å². The predicted molar refractivity (Wildman–Crippen MR) is 247 cm³/mol. The van der Waals surface area contributed by atoms with E-state index in [1.165, 1.54) is 46.2 Å². The molecule has 25 heteroatoms. The third-order valence-electron chi connectivity index (χ3n) is 8.89. The molecule has 4 aromatic carbocycles. The van der Waals surface area contributed by atoms with Crippen LogP contribution in [0.3, 0.4) is 0 Å². The average molecular weight is 941 g/mol. The summed E-state index contributed by atoms with van der Waals surface area (Å²) in [7, 11) is -9.82. The van der Waals surface area contributed by atoms with Crippen molar-refractivity contribution in [1.29, 1.82) is 0 Å². The molecule has 0 saturated carbocycles. The second-order valence-corrected chi connectivity index (χ2v) is 16.2. The number of rotatable bonds is 22. The van der Waals surface area contributed by atoms with Crippen LogP contribution < -0.4 is 31.1 Å². The number of aromatic nitrogens is 6. The van der Waals surface area contributed by atoms with E-state index < -0.39 is 30.0 Å².